The van der Waals surface area contributed by atoms with Crippen molar-refractivity contribution in [3.8, 4) is 6.07 Å². The Labute approximate surface area is 103 Å². The summed E-state index contributed by atoms with van der Waals surface area (Å²) in [5, 5.41) is 11.9. The molecule has 0 saturated carbocycles. The molecule has 1 aromatic heterocycles. The number of nitriles is 1. The van der Waals surface area contributed by atoms with Gasteiger partial charge < -0.3 is 10.2 Å². The molecule has 1 aromatic rings. The molecule has 0 spiro atoms. The van der Waals surface area contributed by atoms with E-state index in [1.54, 1.807) is 0 Å². The molecular weight excluding hydrogens is 212 g/mol. The number of aromatic nitrogens is 1. The van der Waals surface area contributed by atoms with E-state index < -0.39 is 0 Å². The van der Waals surface area contributed by atoms with Crippen LogP contribution in [0.25, 0.3) is 0 Å². The van der Waals surface area contributed by atoms with Crippen LogP contribution in [0, 0.1) is 11.3 Å². The van der Waals surface area contributed by atoms with E-state index in [1.165, 1.54) is 0 Å². The monoisotopic (exact) mass is 232 g/mol. The zero-order valence-electron chi connectivity index (χ0n) is 10.6. The van der Waals surface area contributed by atoms with E-state index >= 15 is 0 Å². The third-order valence-electron chi connectivity index (χ3n) is 2.54. The van der Waals surface area contributed by atoms with Gasteiger partial charge in [0, 0.05) is 37.6 Å². The number of hydrogen-bond donors (Lipinski definition) is 1. The fourth-order valence-corrected chi connectivity index (χ4v) is 1.62. The molecule has 0 atom stereocenters. The Balaban J connectivity index is 2.70. The van der Waals surface area contributed by atoms with Gasteiger partial charge in [-0.15, -0.1) is 0 Å². The van der Waals surface area contributed by atoms with Crippen LogP contribution in [-0.2, 0) is 0 Å². The number of hydrogen-bond acceptors (Lipinski definition) is 4. The second-order valence-electron chi connectivity index (χ2n) is 3.81. The molecule has 1 heterocycles. The van der Waals surface area contributed by atoms with E-state index in [1.807, 2.05) is 18.3 Å². The van der Waals surface area contributed by atoms with Gasteiger partial charge in [0.25, 0.3) is 0 Å². The summed E-state index contributed by atoms with van der Waals surface area (Å²) < 4.78 is 0. The van der Waals surface area contributed by atoms with Crippen LogP contribution in [0.5, 0.6) is 0 Å². The number of nitrogens with one attached hydrogen (secondary N) is 1. The normalized spacial score (nSPS) is 9.71. The predicted molar refractivity (Wildman–Crippen MR) is 71.1 cm³/mol. The average molecular weight is 232 g/mol. The van der Waals surface area contributed by atoms with Crippen LogP contribution in [0.3, 0.4) is 0 Å². The van der Waals surface area contributed by atoms with Crippen LogP contribution in [-0.4, -0.2) is 24.6 Å². The third kappa shape index (κ3) is 4.31. The summed E-state index contributed by atoms with van der Waals surface area (Å²) in [7, 11) is 0. The van der Waals surface area contributed by atoms with Gasteiger partial charge in [-0.2, -0.15) is 5.26 Å². The van der Waals surface area contributed by atoms with Gasteiger partial charge in [-0.3, -0.25) is 0 Å². The summed E-state index contributed by atoms with van der Waals surface area (Å²) in [4.78, 5) is 6.45. The standard InChI is InChI=1S/C13H20N4/c1-3-8-15-13-11-12(6-9-16-13)17(4-2)10-5-7-14/h6,9,11H,3-5,8,10H2,1-2H3,(H,15,16). The number of anilines is 2. The minimum atomic E-state index is 0.549. The van der Waals surface area contributed by atoms with E-state index in [-0.39, 0.29) is 0 Å². The molecule has 0 fully saturated rings. The van der Waals surface area contributed by atoms with Crippen molar-refractivity contribution in [3.63, 3.8) is 0 Å². The Bertz CT molecular complexity index is 370. The van der Waals surface area contributed by atoms with Crippen LogP contribution in [0.1, 0.15) is 26.7 Å². The summed E-state index contributed by atoms with van der Waals surface area (Å²) in [6, 6.07) is 6.20. The summed E-state index contributed by atoms with van der Waals surface area (Å²) in [6.07, 6.45) is 3.44. The first-order chi connectivity index (χ1) is 8.31. The maximum atomic E-state index is 8.63. The van der Waals surface area contributed by atoms with Crippen molar-refractivity contribution in [3.05, 3.63) is 18.3 Å². The average Bonchev–Trinajstić information content (AvgIpc) is 2.38. The third-order valence-corrected chi connectivity index (χ3v) is 2.54. The maximum absolute atomic E-state index is 8.63. The maximum Gasteiger partial charge on any atom is 0.127 e. The lowest BCUT2D eigenvalue weighted by atomic mass is 10.3. The molecule has 0 bridgehead atoms. The molecule has 0 amide bonds. The van der Waals surface area contributed by atoms with E-state index in [0.29, 0.717) is 6.42 Å². The fraction of sp³-hybridized carbons (Fsp3) is 0.538. The van der Waals surface area contributed by atoms with Gasteiger partial charge in [-0.05, 0) is 19.4 Å². The second kappa shape index (κ2) is 7.50. The van der Waals surface area contributed by atoms with Gasteiger partial charge in [-0.25, -0.2) is 4.98 Å². The molecule has 1 N–H and O–H groups in total. The molecule has 0 unspecified atom stereocenters. The largest absolute Gasteiger partial charge is 0.371 e. The minimum absolute atomic E-state index is 0.549. The Morgan fingerprint density at radius 2 is 2.29 bits per heavy atom. The highest BCUT2D eigenvalue weighted by molar-refractivity contribution is 5.53. The Morgan fingerprint density at radius 1 is 1.47 bits per heavy atom. The highest BCUT2D eigenvalue weighted by Crippen LogP contribution is 2.17. The van der Waals surface area contributed by atoms with E-state index in [0.717, 1.165) is 37.6 Å². The summed E-state index contributed by atoms with van der Waals surface area (Å²) >= 11 is 0. The summed E-state index contributed by atoms with van der Waals surface area (Å²) in [5.41, 5.74) is 1.12. The molecule has 17 heavy (non-hydrogen) atoms. The first kappa shape index (κ1) is 13.3. The molecule has 0 aromatic carbocycles. The molecule has 0 radical (unpaired) electrons. The van der Waals surface area contributed by atoms with Crippen molar-refractivity contribution >= 4 is 11.5 Å². The zero-order chi connectivity index (χ0) is 12.5. The molecular formula is C13H20N4. The van der Waals surface area contributed by atoms with Crippen molar-refractivity contribution in [2.45, 2.75) is 26.7 Å². The van der Waals surface area contributed by atoms with Gasteiger partial charge >= 0.3 is 0 Å². The van der Waals surface area contributed by atoms with E-state index in [4.69, 9.17) is 5.26 Å². The quantitative estimate of drug-likeness (QED) is 0.785. The molecule has 0 aliphatic heterocycles. The zero-order valence-corrected chi connectivity index (χ0v) is 10.6. The number of rotatable bonds is 7. The second-order valence-corrected chi connectivity index (χ2v) is 3.81. The molecule has 92 valence electrons. The Morgan fingerprint density at radius 3 is 2.94 bits per heavy atom. The van der Waals surface area contributed by atoms with Crippen LogP contribution in [0.15, 0.2) is 18.3 Å². The van der Waals surface area contributed by atoms with Crippen LogP contribution in [0.4, 0.5) is 11.5 Å². The Hall–Kier alpha value is -1.76. The van der Waals surface area contributed by atoms with Gasteiger partial charge in [0.2, 0.25) is 0 Å². The van der Waals surface area contributed by atoms with Crippen LogP contribution in [0.2, 0.25) is 0 Å². The molecule has 0 saturated heterocycles. The highest BCUT2D eigenvalue weighted by Gasteiger charge is 2.04. The first-order valence-corrected chi connectivity index (χ1v) is 6.13. The SMILES string of the molecule is CCCNc1cc(N(CC)CCC#N)ccn1. The summed E-state index contributed by atoms with van der Waals surface area (Å²) in [6.45, 7) is 6.82. The van der Waals surface area contributed by atoms with Crippen molar-refractivity contribution in [2.24, 2.45) is 0 Å². The van der Waals surface area contributed by atoms with Crippen LogP contribution < -0.4 is 10.2 Å². The molecule has 0 aliphatic carbocycles. The van der Waals surface area contributed by atoms with Gasteiger partial charge in [0.1, 0.15) is 5.82 Å². The van der Waals surface area contributed by atoms with Crippen LogP contribution >= 0.6 is 0 Å². The van der Waals surface area contributed by atoms with E-state index in [2.05, 4.69) is 35.1 Å². The Kier molecular flexibility index (Phi) is 5.87. The van der Waals surface area contributed by atoms with Gasteiger partial charge in [-0.1, -0.05) is 6.92 Å². The molecule has 1 rings (SSSR count). The van der Waals surface area contributed by atoms with Crippen molar-refractivity contribution in [2.75, 3.05) is 29.9 Å². The lowest BCUT2D eigenvalue weighted by Crippen LogP contribution is -2.23. The summed E-state index contributed by atoms with van der Waals surface area (Å²) in [5.74, 6) is 0.903. The highest BCUT2D eigenvalue weighted by atomic mass is 15.1. The smallest absolute Gasteiger partial charge is 0.127 e. The molecule has 4 nitrogen and oxygen atoms in total. The number of pyridine rings is 1. The molecule has 0 aliphatic rings. The van der Waals surface area contributed by atoms with E-state index in [9.17, 15) is 0 Å². The fourth-order valence-electron chi connectivity index (χ4n) is 1.62. The lowest BCUT2D eigenvalue weighted by Gasteiger charge is -2.22. The first-order valence-electron chi connectivity index (χ1n) is 6.13. The predicted octanol–water partition coefficient (Wildman–Crippen LogP) is 2.64. The van der Waals surface area contributed by atoms with Gasteiger partial charge in [0.05, 0.1) is 12.5 Å². The number of nitrogens with zero attached hydrogens (tertiary/aromatic N) is 3. The molecule has 4 heteroatoms. The van der Waals surface area contributed by atoms with Crippen molar-refractivity contribution < 1.29 is 0 Å². The minimum Gasteiger partial charge on any atom is -0.371 e. The lowest BCUT2D eigenvalue weighted by molar-refractivity contribution is 0.826. The van der Waals surface area contributed by atoms with Gasteiger partial charge in [0.15, 0.2) is 0 Å². The topological polar surface area (TPSA) is 52.0 Å². The van der Waals surface area contributed by atoms with Crippen molar-refractivity contribution in [1.29, 1.82) is 5.26 Å². The van der Waals surface area contributed by atoms with Crippen molar-refractivity contribution in [1.82, 2.24) is 4.98 Å².